The first-order valence-electron chi connectivity index (χ1n) is 6.90. The fourth-order valence-corrected chi connectivity index (χ4v) is 2.21. The lowest BCUT2D eigenvalue weighted by Crippen LogP contribution is -2.13. The highest BCUT2D eigenvalue weighted by Crippen LogP contribution is 2.28. The molecule has 0 aliphatic heterocycles. The molecule has 2 aromatic rings. The van der Waals surface area contributed by atoms with E-state index in [-0.39, 0.29) is 5.84 Å². The van der Waals surface area contributed by atoms with Crippen molar-refractivity contribution in [2.24, 2.45) is 10.9 Å². The number of ether oxygens (including phenoxy) is 1. The SMILES string of the molecule is CCCCCOc1ccc(/C(N)=N/O)c2ccccc12. The van der Waals surface area contributed by atoms with Gasteiger partial charge >= 0.3 is 0 Å². The first kappa shape index (κ1) is 14.2. The molecule has 0 atom stereocenters. The molecule has 0 saturated heterocycles. The number of nitrogens with two attached hydrogens (primary N) is 1. The highest BCUT2D eigenvalue weighted by Gasteiger charge is 2.09. The largest absolute Gasteiger partial charge is 0.493 e. The summed E-state index contributed by atoms with van der Waals surface area (Å²) in [6.07, 6.45) is 3.39. The van der Waals surface area contributed by atoms with Gasteiger partial charge in [0.25, 0.3) is 0 Å². The van der Waals surface area contributed by atoms with Gasteiger partial charge in [-0.3, -0.25) is 0 Å². The number of fused-ring (bicyclic) bond motifs is 1. The Kier molecular flexibility index (Phi) is 4.82. The van der Waals surface area contributed by atoms with E-state index in [1.165, 1.54) is 12.8 Å². The van der Waals surface area contributed by atoms with Gasteiger partial charge in [-0.05, 0) is 23.9 Å². The Morgan fingerprint density at radius 3 is 2.60 bits per heavy atom. The summed E-state index contributed by atoms with van der Waals surface area (Å²) in [5, 5.41) is 13.8. The molecule has 106 valence electrons. The maximum absolute atomic E-state index is 8.85. The van der Waals surface area contributed by atoms with E-state index in [1.807, 2.05) is 36.4 Å². The molecule has 0 radical (unpaired) electrons. The third-order valence-corrected chi connectivity index (χ3v) is 3.27. The Labute approximate surface area is 118 Å². The van der Waals surface area contributed by atoms with Gasteiger partial charge in [-0.15, -0.1) is 0 Å². The molecule has 4 nitrogen and oxygen atoms in total. The van der Waals surface area contributed by atoms with Gasteiger partial charge in [-0.1, -0.05) is 49.2 Å². The molecule has 0 heterocycles. The first-order valence-corrected chi connectivity index (χ1v) is 6.90. The molecular weight excluding hydrogens is 252 g/mol. The smallest absolute Gasteiger partial charge is 0.170 e. The normalized spacial score (nSPS) is 11.8. The van der Waals surface area contributed by atoms with Crippen molar-refractivity contribution in [3.05, 3.63) is 42.0 Å². The molecule has 0 saturated carbocycles. The van der Waals surface area contributed by atoms with Crippen LogP contribution in [0.3, 0.4) is 0 Å². The number of amidine groups is 1. The lowest BCUT2D eigenvalue weighted by atomic mass is 10.0. The van der Waals surface area contributed by atoms with Crippen LogP contribution in [0, 0.1) is 0 Å². The van der Waals surface area contributed by atoms with Crippen molar-refractivity contribution in [1.82, 2.24) is 0 Å². The Morgan fingerprint density at radius 1 is 1.15 bits per heavy atom. The number of hydrogen-bond donors (Lipinski definition) is 2. The number of rotatable bonds is 6. The van der Waals surface area contributed by atoms with Crippen molar-refractivity contribution in [1.29, 1.82) is 0 Å². The van der Waals surface area contributed by atoms with Crippen LogP contribution in [-0.2, 0) is 0 Å². The van der Waals surface area contributed by atoms with Gasteiger partial charge in [0, 0.05) is 10.9 Å². The Bertz CT molecular complexity index is 608. The minimum Gasteiger partial charge on any atom is -0.493 e. The molecule has 0 amide bonds. The monoisotopic (exact) mass is 272 g/mol. The van der Waals surface area contributed by atoms with Gasteiger partial charge in [-0.2, -0.15) is 0 Å². The topological polar surface area (TPSA) is 67.8 Å². The van der Waals surface area contributed by atoms with Crippen molar-refractivity contribution in [2.75, 3.05) is 6.61 Å². The van der Waals surface area contributed by atoms with Gasteiger partial charge in [0.05, 0.1) is 6.61 Å². The van der Waals surface area contributed by atoms with Crippen molar-refractivity contribution in [2.45, 2.75) is 26.2 Å². The third kappa shape index (κ3) is 3.02. The van der Waals surface area contributed by atoms with E-state index in [4.69, 9.17) is 15.7 Å². The van der Waals surface area contributed by atoms with E-state index in [2.05, 4.69) is 12.1 Å². The summed E-state index contributed by atoms with van der Waals surface area (Å²) in [6.45, 7) is 2.88. The molecule has 0 bridgehead atoms. The Morgan fingerprint density at radius 2 is 1.90 bits per heavy atom. The zero-order chi connectivity index (χ0) is 14.4. The Hall–Kier alpha value is -2.23. The van der Waals surface area contributed by atoms with Gasteiger partial charge in [0.2, 0.25) is 0 Å². The molecular formula is C16H20N2O2. The highest BCUT2D eigenvalue weighted by atomic mass is 16.5. The van der Waals surface area contributed by atoms with E-state index in [9.17, 15) is 0 Å². The Balaban J connectivity index is 2.34. The van der Waals surface area contributed by atoms with Crippen molar-refractivity contribution in [3.63, 3.8) is 0 Å². The minimum atomic E-state index is 0.110. The molecule has 0 aliphatic rings. The van der Waals surface area contributed by atoms with Gasteiger partial charge < -0.3 is 15.7 Å². The van der Waals surface area contributed by atoms with Crippen molar-refractivity contribution >= 4 is 16.6 Å². The quantitative estimate of drug-likeness (QED) is 0.278. The second-order valence-corrected chi connectivity index (χ2v) is 4.70. The van der Waals surface area contributed by atoms with Crippen LogP contribution >= 0.6 is 0 Å². The number of oxime groups is 1. The second-order valence-electron chi connectivity index (χ2n) is 4.70. The molecule has 3 N–H and O–H groups in total. The first-order chi connectivity index (χ1) is 9.77. The van der Waals surface area contributed by atoms with Gasteiger partial charge in [-0.25, -0.2) is 0 Å². The maximum Gasteiger partial charge on any atom is 0.170 e. The summed E-state index contributed by atoms with van der Waals surface area (Å²) < 4.78 is 5.85. The zero-order valence-corrected chi connectivity index (χ0v) is 11.7. The fourth-order valence-electron chi connectivity index (χ4n) is 2.21. The molecule has 20 heavy (non-hydrogen) atoms. The van der Waals surface area contributed by atoms with Crippen molar-refractivity contribution in [3.8, 4) is 5.75 Å². The van der Waals surface area contributed by atoms with Gasteiger partial charge in [0.15, 0.2) is 5.84 Å². The lowest BCUT2D eigenvalue weighted by Gasteiger charge is -2.11. The highest BCUT2D eigenvalue weighted by molar-refractivity contribution is 6.10. The molecule has 0 unspecified atom stereocenters. The summed E-state index contributed by atoms with van der Waals surface area (Å²) in [5.41, 5.74) is 6.42. The van der Waals surface area contributed by atoms with Crippen LogP contribution in [-0.4, -0.2) is 17.6 Å². The summed E-state index contributed by atoms with van der Waals surface area (Å²) in [4.78, 5) is 0. The standard InChI is InChI=1S/C16H20N2O2/c1-2-3-6-11-20-15-10-9-14(16(17)18-19)12-7-4-5-8-13(12)15/h4-5,7-10,19H,2-3,6,11H2,1H3,(H2,17,18). The van der Waals surface area contributed by atoms with E-state index < -0.39 is 0 Å². The molecule has 0 aromatic heterocycles. The van der Waals surface area contributed by atoms with Crippen LogP contribution < -0.4 is 10.5 Å². The zero-order valence-electron chi connectivity index (χ0n) is 11.7. The molecule has 2 rings (SSSR count). The van der Waals surface area contributed by atoms with E-state index in [1.54, 1.807) is 0 Å². The summed E-state index contributed by atoms with van der Waals surface area (Å²) in [6, 6.07) is 11.5. The number of benzene rings is 2. The second kappa shape index (κ2) is 6.80. The summed E-state index contributed by atoms with van der Waals surface area (Å²) in [5.74, 6) is 0.949. The molecule has 0 spiro atoms. The van der Waals surface area contributed by atoms with Crippen LogP contribution in [0.5, 0.6) is 5.75 Å². The van der Waals surface area contributed by atoms with Crippen molar-refractivity contribution < 1.29 is 9.94 Å². The third-order valence-electron chi connectivity index (χ3n) is 3.27. The molecule has 4 heteroatoms. The fraction of sp³-hybridized carbons (Fsp3) is 0.312. The predicted octanol–water partition coefficient (Wildman–Crippen LogP) is 3.50. The van der Waals surface area contributed by atoms with Crippen LogP contribution in [0.1, 0.15) is 31.7 Å². The van der Waals surface area contributed by atoms with Crippen LogP contribution in [0.4, 0.5) is 0 Å². The van der Waals surface area contributed by atoms with E-state index in [0.717, 1.165) is 22.9 Å². The van der Waals surface area contributed by atoms with Gasteiger partial charge in [0.1, 0.15) is 5.75 Å². The number of hydrogen-bond acceptors (Lipinski definition) is 3. The summed E-state index contributed by atoms with van der Waals surface area (Å²) >= 11 is 0. The average Bonchev–Trinajstić information content (AvgIpc) is 2.50. The lowest BCUT2D eigenvalue weighted by molar-refractivity contribution is 0.309. The average molecular weight is 272 g/mol. The number of nitrogens with zero attached hydrogens (tertiary/aromatic N) is 1. The van der Waals surface area contributed by atoms with Crippen LogP contribution in [0.15, 0.2) is 41.6 Å². The predicted molar refractivity (Wildman–Crippen MR) is 81.5 cm³/mol. The van der Waals surface area contributed by atoms with E-state index >= 15 is 0 Å². The van der Waals surface area contributed by atoms with Crippen LogP contribution in [0.2, 0.25) is 0 Å². The molecule has 0 fully saturated rings. The van der Waals surface area contributed by atoms with E-state index in [0.29, 0.717) is 12.2 Å². The van der Waals surface area contributed by atoms with Crippen LogP contribution in [0.25, 0.3) is 10.8 Å². The minimum absolute atomic E-state index is 0.110. The molecule has 0 aliphatic carbocycles. The summed E-state index contributed by atoms with van der Waals surface area (Å²) in [7, 11) is 0. The maximum atomic E-state index is 8.85. The number of unbranched alkanes of at least 4 members (excludes halogenated alkanes) is 2. The molecule has 2 aromatic carbocycles.